The molecule has 5 nitrogen and oxygen atoms in total. The van der Waals surface area contributed by atoms with Crippen molar-refractivity contribution in [2.24, 2.45) is 11.3 Å². The SMILES string of the molecule is CCNc1cc(NCC2(C(C)C)CC2)nc(COC)n1. The molecule has 0 spiro atoms. The van der Waals surface area contributed by atoms with E-state index >= 15 is 0 Å². The van der Waals surface area contributed by atoms with Gasteiger partial charge in [-0.15, -0.1) is 0 Å². The van der Waals surface area contributed by atoms with Crippen molar-refractivity contribution in [2.45, 2.75) is 40.2 Å². The van der Waals surface area contributed by atoms with Crippen LogP contribution in [0.5, 0.6) is 0 Å². The fourth-order valence-electron chi connectivity index (χ4n) is 2.44. The lowest BCUT2D eigenvalue weighted by molar-refractivity contribution is 0.178. The van der Waals surface area contributed by atoms with Crippen LogP contribution in [0.4, 0.5) is 11.6 Å². The fraction of sp³-hybridized carbons (Fsp3) is 0.733. The number of rotatable bonds is 8. The van der Waals surface area contributed by atoms with Crippen molar-refractivity contribution in [3.63, 3.8) is 0 Å². The van der Waals surface area contributed by atoms with Gasteiger partial charge in [0.1, 0.15) is 18.2 Å². The predicted molar refractivity (Wildman–Crippen MR) is 81.9 cm³/mol. The summed E-state index contributed by atoms with van der Waals surface area (Å²) in [5.74, 6) is 3.16. The Hall–Kier alpha value is -1.36. The second kappa shape index (κ2) is 6.39. The molecule has 0 unspecified atom stereocenters. The second-order valence-electron chi connectivity index (χ2n) is 5.89. The van der Waals surface area contributed by atoms with Crippen LogP contribution in [-0.4, -0.2) is 30.2 Å². The van der Waals surface area contributed by atoms with Crippen LogP contribution in [0.25, 0.3) is 0 Å². The van der Waals surface area contributed by atoms with Gasteiger partial charge in [-0.25, -0.2) is 9.97 Å². The molecule has 1 aromatic rings. The first-order valence-corrected chi connectivity index (χ1v) is 7.44. The van der Waals surface area contributed by atoms with Gasteiger partial charge < -0.3 is 15.4 Å². The maximum atomic E-state index is 5.13. The topological polar surface area (TPSA) is 59.1 Å². The summed E-state index contributed by atoms with van der Waals surface area (Å²) in [4.78, 5) is 8.93. The maximum absolute atomic E-state index is 5.13. The third kappa shape index (κ3) is 3.60. The molecule has 20 heavy (non-hydrogen) atoms. The molecule has 1 aromatic heterocycles. The third-order valence-electron chi connectivity index (χ3n) is 4.14. The van der Waals surface area contributed by atoms with E-state index in [1.807, 2.05) is 6.07 Å². The zero-order valence-electron chi connectivity index (χ0n) is 13.0. The number of methoxy groups -OCH3 is 1. The average molecular weight is 278 g/mol. The molecule has 1 heterocycles. The van der Waals surface area contributed by atoms with E-state index in [0.29, 0.717) is 23.8 Å². The van der Waals surface area contributed by atoms with E-state index in [4.69, 9.17) is 4.74 Å². The smallest absolute Gasteiger partial charge is 0.158 e. The van der Waals surface area contributed by atoms with Gasteiger partial charge in [-0.2, -0.15) is 0 Å². The summed E-state index contributed by atoms with van der Waals surface area (Å²) in [7, 11) is 1.66. The minimum atomic E-state index is 0.434. The highest BCUT2D eigenvalue weighted by molar-refractivity contribution is 5.47. The molecule has 1 aliphatic carbocycles. The Balaban J connectivity index is 2.05. The molecule has 112 valence electrons. The molecule has 0 atom stereocenters. The summed E-state index contributed by atoms with van der Waals surface area (Å²) >= 11 is 0. The molecule has 1 saturated carbocycles. The number of nitrogens with one attached hydrogen (secondary N) is 2. The summed E-state index contributed by atoms with van der Waals surface area (Å²) < 4.78 is 5.13. The average Bonchev–Trinajstić information content (AvgIpc) is 3.18. The number of aromatic nitrogens is 2. The van der Waals surface area contributed by atoms with Gasteiger partial charge in [0.25, 0.3) is 0 Å². The first-order valence-electron chi connectivity index (χ1n) is 7.44. The zero-order valence-corrected chi connectivity index (χ0v) is 13.0. The van der Waals surface area contributed by atoms with Crippen LogP contribution in [0.1, 0.15) is 39.4 Å². The molecule has 0 saturated heterocycles. The van der Waals surface area contributed by atoms with E-state index in [1.165, 1.54) is 12.8 Å². The van der Waals surface area contributed by atoms with Crippen LogP contribution in [0.2, 0.25) is 0 Å². The Morgan fingerprint density at radius 2 is 1.90 bits per heavy atom. The van der Waals surface area contributed by atoms with Crippen LogP contribution in [0.3, 0.4) is 0 Å². The minimum Gasteiger partial charge on any atom is -0.377 e. The molecular formula is C15H26N4O. The Labute approximate surface area is 121 Å². The van der Waals surface area contributed by atoms with Crippen molar-refractivity contribution in [1.29, 1.82) is 0 Å². The monoisotopic (exact) mass is 278 g/mol. The Morgan fingerprint density at radius 3 is 2.40 bits per heavy atom. The highest BCUT2D eigenvalue weighted by atomic mass is 16.5. The van der Waals surface area contributed by atoms with Crippen molar-refractivity contribution < 1.29 is 4.74 Å². The lowest BCUT2D eigenvalue weighted by atomic mass is 9.92. The Bertz CT molecular complexity index is 419. The summed E-state index contributed by atoms with van der Waals surface area (Å²) in [5, 5.41) is 6.72. The van der Waals surface area contributed by atoms with Gasteiger partial charge in [0.05, 0.1) is 0 Å². The van der Waals surface area contributed by atoms with Gasteiger partial charge in [-0.05, 0) is 31.1 Å². The van der Waals surface area contributed by atoms with Crippen molar-refractivity contribution in [2.75, 3.05) is 30.8 Å². The highest BCUT2D eigenvalue weighted by Gasteiger charge is 2.44. The predicted octanol–water partition coefficient (Wildman–Crippen LogP) is 2.90. The molecular weight excluding hydrogens is 252 g/mol. The standard InChI is InChI=1S/C15H26N4O/c1-5-16-12-8-13(19-14(18-12)9-20-4)17-10-15(6-7-15)11(2)3/h8,11H,5-7,9-10H2,1-4H3,(H2,16,17,18,19). The lowest BCUT2D eigenvalue weighted by Gasteiger charge is -2.20. The summed E-state index contributed by atoms with van der Waals surface area (Å²) in [6, 6.07) is 1.97. The third-order valence-corrected chi connectivity index (χ3v) is 4.14. The quantitative estimate of drug-likeness (QED) is 0.765. The van der Waals surface area contributed by atoms with E-state index in [9.17, 15) is 0 Å². The molecule has 0 radical (unpaired) electrons. The first-order chi connectivity index (χ1) is 9.59. The zero-order chi connectivity index (χ0) is 14.6. The molecule has 0 bridgehead atoms. The lowest BCUT2D eigenvalue weighted by Crippen LogP contribution is -2.21. The largest absolute Gasteiger partial charge is 0.377 e. The molecule has 0 aromatic carbocycles. The van der Waals surface area contributed by atoms with Crippen LogP contribution < -0.4 is 10.6 Å². The maximum Gasteiger partial charge on any atom is 0.158 e. The van der Waals surface area contributed by atoms with Crippen LogP contribution >= 0.6 is 0 Å². The molecule has 5 heteroatoms. The normalized spacial score (nSPS) is 16.2. The number of ether oxygens (including phenoxy) is 1. The minimum absolute atomic E-state index is 0.434. The van der Waals surface area contributed by atoms with E-state index in [1.54, 1.807) is 7.11 Å². The van der Waals surface area contributed by atoms with Gasteiger partial charge in [0.2, 0.25) is 0 Å². The van der Waals surface area contributed by atoms with Crippen molar-refractivity contribution >= 4 is 11.6 Å². The van der Waals surface area contributed by atoms with Crippen LogP contribution in [0.15, 0.2) is 6.07 Å². The molecule has 1 fully saturated rings. The van der Waals surface area contributed by atoms with Gasteiger partial charge >= 0.3 is 0 Å². The second-order valence-corrected chi connectivity index (χ2v) is 5.89. The molecule has 2 rings (SSSR count). The highest BCUT2D eigenvalue weighted by Crippen LogP contribution is 2.51. The first kappa shape index (κ1) is 15.0. The number of hydrogen-bond donors (Lipinski definition) is 2. The van der Waals surface area contributed by atoms with Gasteiger partial charge in [-0.1, -0.05) is 13.8 Å². The van der Waals surface area contributed by atoms with E-state index in [2.05, 4.69) is 41.4 Å². The van der Waals surface area contributed by atoms with E-state index in [0.717, 1.165) is 24.7 Å². The van der Waals surface area contributed by atoms with Crippen LogP contribution in [-0.2, 0) is 11.3 Å². The van der Waals surface area contributed by atoms with E-state index in [-0.39, 0.29) is 0 Å². The van der Waals surface area contributed by atoms with Crippen molar-refractivity contribution in [3.8, 4) is 0 Å². The Kier molecular flexibility index (Phi) is 4.81. The molecule has 0 amide bonds. The van der Waals surface area contributed by atoms with E-state index < -0.39 is 0 Å². The number of nitrogens with zero attached hydrogens (tertiary/aromatic N) is 2. The van der Waals surface area contributed by atoms with Crippen molar-refractivity contribution in [3.05, 3.63) is 11.9 Å². The molecule has 1 aliphatic rings. The molecule has 0 aliphatic heterocycles. The fourth-order valence-corrected chi connectivity index (χ4v) is 2.44. The van der Waals surface area contributed by atoms with Crippen LogP contribution in [0, 0.1) is 11.3 Å². The summed E-state index contributed by atoms with van der Waals surface area (Å²) in [5.41, 5.74) is 0.463. The summed E-state index contributed by atoms with van der Waals surface area (Å²) in [6.45, 7) is 8.93. The summed E-state index contributed by atoms with van der Waals surface area (Å²) in [6.07, 6.45) is 2.63. The Morgan fingerprint density at radius 1 is 1.25 bits per heavy atom. The van der Waals surface area contributed by atoms with Gasteiger partial charge in [0, 0.05) is 26.3 Å². The molecule has 2 N–H and O–H groups in total. The van der Waals surface area contributed by atoms with Gasteiger partial charge in [-0.3, -0.25) is 0 Å². The number of anilines is 2. The number of hydrogen-bond acceptors (Lipinski definition) is 5. The van der Waals surface area contributed by atoms with Gasteiger partial charge in [0.15, 0.2) is 5.82 Å². The van der Waals surface area contributed by atoms with Crippen molar-refractivity contribution in [1.82, 2.24) is 9.97 Å².